The van der Waals surface area contributed by atoms with Crippen molar-refractivity contribution in [3.05, 3.63) is 58.7 Å². The highest BCUT2D eigenvalue weighted by Gasteiger charge is 2.26. The van der Waals surface area contributed by atoms with Crippen molar-refractivity contribution in [3.8, 4) is 5.75 Å². The van der Waals surface area contributed by atoms with Gasteiger partial charge in [-0.1, -0.05) is 11.6 Å². The zero-order chi connectivity index (χ0) is 18.8. The van der Waals surface area contributed by atoms with E-state index in [9.17, 15) is 9.59 Å². The van der Waals surface area contributed by atoms with Crippen molar-refractivity contribution in [2.75, 3.05) is 19.5 Å². The van der Waals surface area contributed by atoms with Crippen LogP contribution in [-0.2, 0) is 4.74 Å². The fraction of sp³-hybridized carbons (Fsp3) is 0.158. The Morgan fingerprint density at radius 3 is 2.46 bits per heavy atom. The first-order valence-corrected chi connectivity index (χ1v) is 8.31. The number of carbonyl (C=O) groups excluding carboxylic acids is 2. The third-order valence-corrected chi connectivity index (χ3v) is 4.22. The molecule has 0 aliphatic heterocycles. The summed E-state index contributed by atoms with van der Waals surface area (Å²) in [6.07, 6.45) is -0.687. The fourth-order valence-corrected chi connectivity index (χ4v) is 2.93. The molecule has 0 saturated carbocycles. The molecule has 0 bridgehead atoms. The van der Waals surface area contributed by atoms with Crippen LogP contribution in [0, 0.1) is 0 Å². The minimum atomic E-state index is -0.687. The first kappa shape index (κ1) is 17.8. The minimum Gasteiger partial charge on any atom is -0.497 e. The van der Waals surface area contributed by atoms with Gasteiger partial charge in [-0.05, 0) is 49.4 Å². The molecule has 134 valence electrons. The molecule has 2 N–H and O–H groups in total. The number of anilines is 1. The molecule has 3 aromatic rings. The van der Waals surface area contributed by atoms with E-state index in [1.807, 2.05) is 0 Å². The van der Waals surface area contributed by atoms with Crippen LogP contribution in [0.3, 0.4) is 0 Å². The monoisotopic (exact) mass is 372 g/mol. The molecule has 6 nitrogen and oxygen atoms in total. The summed E-state index contributed by atoms with van der Waals surface area (Å²) >= 11 is 6.06. The highest BCUT2D eigenvalue weighted by Crippen LogP contribution is 2.32. The molecule has 0 saturated heterocycles. The third-order valence-electron chi connectivity index (χ3n) is 3.99. The molecular formula is C19H17ClN2O4. The second kappa shape index (κ2) is 7.09. The minimum absolute atomic E-state index is 0.0471. The van der Waals surface area contributed by atoms with Crippen LogP contribution in [0.2, 0.25) is 5.02 Å². The number of ketones is 1. The van der Waals surface area contributed by atoms with Gasteiger partial charge >= 0.3 is 6.09 Å². The van der Waals surface area contributed by atoms with Crippen LogP contribution in [0.1, 0.15) is 23.0 Å². The van der Waals surface area contributed by atoms with Gasteiger partial charge in [0.15, 0.2) is 0 Å². The Morgan fingerprint density at radius 1 is 1.15 bits per heavy atom. The first-order chi connectivity index (χ1) is 12.5. The Hall–Kier alpha value is -2.99. The molecule has 0 fully saturated rings. The number of hydrogen-bond donors (Lipinski definition) is 1. The van der Waals surface area contributed by atoms with Gasteiger partial charge < -0.3 is 15.2 Å². The Balaban J connectivity index is 2.22. The smallest absolute Gasteiger partial charge is 0.419 e. The summed E-state index contributed by atoms with van der Waals surface area (Å²) in [7, 11) is 1.54. The molecule has 0 atom stereocenters. The van der Waals surface area contributed by atoms with Gasteiger partial charge in [-0.2, -0.15) is 0 Å². The lowest BCUT2D eigenvalue weighted by Gasteiger charge is -2.09. The van der Waals surface area contributed by atoms with E-state index in [2.05, 4.69) is 0 Å². The number of nitrogen functional groups attached to an aromatic ring is 1. The lowest BCUT2D eigenvalue weighted by molar-refractivity contribution is 0.102. The Bertz CT molecular complexity index is 993. The van der Waals surface area contributed by atoms with E-state index in [1.54, 1.807) is 49.4 Å². The van der Waals surface area contributed by atoms with Gasteiger partial charge in [0, 0.05) is 16.0 Å². The van der Waals surface area contributed by atoms with Gasteiger partial charge in [-0.3, -0.25) is 4.79 Å². The molecule has 0 spiro atoms. The van der Waals surface area contributed by atoms with Crippen molar-refractivity contribution in [2.24, 2.45) is 0 Å². The summed E-state index contributed by atoms with van der Waals surface area (Å²) in [5.41, 5.74) is 7.24. The number of aromatic nitrogens is 1. The van der Waals surface area contributed by atoms with Crippen molar-refractivity contribution >= 4 is 40.1 Å². The molecular weight excluding hydrogens is 356 g/mol. The number of nitrogens with two attached hydrogens (primary N) is 1. The summed E-state index contributed by atoms with van der Waals surface area (Å²) in [5.74, 6) is 0.220. The lowest BCUT2D eigenvalue weighted by atomic mass is 10.1. The zero-order valence-corrected chi connectivity index (χ0v) is 15.0. The molecule has 0 aliphatic carbocycles. The average molecular weight is 373 g/mol. The van der Waals surface area contributed by atoms with Gasteiger partial charge in [0.25, 0.3) is 0 Å². The number of rotatable bonds is 4. The highest BCUT2D eigenvalue weighted by atomic mass is 35.5. The van der Waals surface area contributed by atoms with E-state index in [-0.39, 0.29) is 18.0 Å². The van der Waals surface area contributed by atoms with Crippen LogP contribution in [0.25, 0.3) is 10.9 Å². The van der Waals surface area contributed by atoms with Crippen LogP contribution in [0.15, 0.2) is 42.5 Å². The number of benzene rings is 2. The zero-order valence-electron chi connectivity index (χ0n) is 14.3. The molecule has 1 aromatic heterocycles. The maximum absolute atomic E-state index is 13.1. The second-order valence-corrected chi connectivity index (χ2v) is 5.95. The number of methoxy groups -OCH3 is 1. The maximum Gasteiger partial charge on any atom is 0.419 e. The van der Waals surface area contributed by atoms with Crippen LogP contribution >= 0.6 is 11.6 Å². The van der Waals surface area contributed by atoms with E-state index in [4.69, 9.17) is 26.8 Å². The molecule has 0 unspecified atom stereocenters. The number of hydrogen-bond acceptors (Lipinski definition) is 5. The van der Waals surface area contributed by atoms with E-state index in [0.717, 1.165) is 0 Å². The summed E-state index contributed by atoms with van der Waals surface area (Å²) in [6, 6.07) is 11.5. The molecule has 1 heterocycles. The molecule has 0 aliphatic rings. The number of halogens is 1. The van der Waals surface area contributed by atoms with Crippen molar-refractivity contribution in [3.63, 3.8) is 0 Å². The molecule has 26 heavy (non-hydrogen) atoms. The highest BCUT2D eigenvalue weighted by molar-refractivity contribution is 6.31. The number of nitrogens with zero attached hydrogens (tertiary/aromatic N) is 1. The molecule has 3 rings (SSSR count). The summed E-state index contributed by atoms with van der Waals surface area (Å²) in [6.45, 7) is 1.85. The predicted octanol–water partition coefficient (Wildman–Crippen LogP) is 4.12. The van der Waals surface area contributed by atoms with Crippen LogP contribution in [-0.4, -0.2) is 30.2 Å². The Kier molecular flexibility index (Phi) is 4.86. The second-order valence-electron chi connectivity index (χ2n) is 5.52. The van der Waals surface area contributed by atoms with E-state index < -0.39 is 11.9 Å². The van der Waals surface area contributed by atoms with Crippen LogP contribution in [0.5, 0.6) is 5.75 Å². The summed E-state index contributed by atoms with van der Waals surface area (Å²) < 4.78 is 11.4. The van der Waals surface area contributed by atoms with Crippen molar-refractivity contribution in [2.45, 2.75) is 6.92 Å². The third kappa shape index (κ3) is 2.99. The van der Waals surface area contributed by atoms with E-state index in [1.165, 1.54) is 11.7 Å². The normalized spacial score (nSPS) is 10.7. The van der Waals surface area contributed by atoms with E-state index >= 15 is 0 Å². The SMILES string of the molecule is CCOC(=O)n1c(C(=O)c2ccc(OC)cc2)c(N)c2ccc(Cl)cc21. The maximum atomic E-state index is 13.1. The summed E-state index contributed by atoms with van der Waals surface area (Å²) in [4.78, 5) is 25.6. The Morgan fingerprint density at radius 2 is 1.85 bits per heavy atom. The fourth-order valence-electron chi connectivity index (χ4n) is 2.77. The largest absolute Gasteiger partial charge is 0.497 e. The average Bonchev–Trinajstić information content (AvgIpc) is 2.93. The number of fused-ring (bicyclic) bond motifs is 1. The Labute approximate surface area is 155 Å². The van der Waals surface area contributed by atoms with Crippen LogP contribution < -0.4 is 10.5 Å². The van der Waals surface area contributed by atoms with Gasteiger partial charge in [0.1, 0.15) is 11.4 Å². The quantitative estimate of drug-likeness (QED) is 0.696. The molecule has 7 heteroatoms. The lowest BCUT2D eigenvalue weighted by Crippen LogP contribution is -2.20. The standard InChI is InChI=1S/C19H17ClN2O4/c1-3-26-19(24)22-15-10-12(20)6-9-14(15)16(21)17(22)18(23)11-4-7-13(25-2)8-5-11/h4-10H,3,21H2,1-2H3. The topological polar surface area (TPSA) is 83.5 Å². The van der Waals surface area contributed by atoms with Gasteiger partial charge in [-0.25, -0.2) is 9.36 Å². The van der Waals surface area contributed by atoms with Crippen molar-refractivity contribution in [1.29, 1.82) is 0 Å². The van der Waals surface area contributed by atoms with E-state index in [0.29, 0.717) is 27.2 Å². The number of carbonyl (C=O) groups is 2. The van der Waals surface area contributed by atoms with Crippen molar-refractivity contribution < 1.29 is 19.1 Å². The molecule has 0 radical (unpaired) electrons. The predicted molar refractivity (Wildman–Crippen MR) is 100 cm³/mol. The van der Waals surface area contributed by atoms with Gasteiger partial charge in [0.05, 0.1) is 24.9 Å². The molecule has 2 aromatic carbocycles. The van der Waals surface area contributed by atoms with Gasteiger partial charge in [-0.15, -0.1) is 0 Å². The van der Waals surface area contributed by atoms with Crippen molar-refractivity contribution in [1.82, 2.24) is 4.57 Å². The number of ether oxygens (including phenoxy) is 2. The van der Waals surface area contributed by atoms with Crippen LogP contribution in [0.4, 0.5) is 10.5 Å². The first-order valence-electron chi connectivity index (χ1n) is 7.93. The van der Waals surface area contributed by atoms with Gasteiger partial charge in [0.2, 0.25) is 5.78 Å². The molecule has 0 amide bonds. The summed E-state index contributed by atoms with van der Waals surface area (Å²) in [5, 5.41) is 0.975.